The maximum absolute atomic E-state index is 6.02. The van der Waals surface area contributed by atoms with Gasteiger partial charge in [-0.25, -0.2) is 4.68 Å². The van der Waals surface area contributed by atoms with Gasteiger partial charge < -0.3 is 5.73 Å². The number of rotatable bonds is 3. The summed E-state index contributed by atoms with van der Waals surface area (Å²) in [6.07, 6.45) is 1.73. The number of nitrogens with two attached hydrogens (primary N) is 1. The second-order valence-corrected chi connectivity index (χ2v) is 5.84. The van der Waals surface area contributed by atoms with E-state index in [9.17, 15) is 0 Å². The van der Waals surface area contributed by atoms with Crippen LogP contribution in [0.5, 0.6) is 0 Å². The van der Waals surface area contributed by atoms with Crippen molar-refractivity contribution in [1.82, 2.24) is 9.78 Å². The number of nitrogens with zero attached hydrogens (tertiary/aromatic N) is 2. The van der Waals surface area contributed by atoms with E-state index in [1.165, 1.54) is 16.7 Å². The average Bonchev–Trinajstić information content (AvgIpc) is 2.87. The van der Waals surface area contributed by atoms with Gasteiger partial charge in [-0.3, -0.25) is 0 Å². The Kier molecular flexibility index (Phi) is 3.80. The van der Waals surface area contributed by atoms with Crippen molar-refractivity contribution < 1.29 is 0 Å². The monoisotopic (exact) mass is 341 g/mol. The molecular weight excluding hydrogens is 326 g/mol. The van der Waals surface area contributed by atoms with Crippen molar-refractivity contribution >= 4 is 21.7 Å². The number of hydrogen-bond donors (Lipinski definition) is 1. The zero-order valence-electron chi connectivity index (χ0n) is 11.7. The van der Waals surface area contributed by atoms with E-state index in [4.69, 9.17) is 5.73 Å². The summed E-state index contributed by atoms with van der Waals surface area (Å²) in [5.74, 6) is 0.648. The topological polar surface area (TPSA) is 43.8 Å². The van der Waals surface area contributed by atoms with Crippen molar-refractivity contribution in [2.45, 2.75) is 13.0 Å². The van der Waals surface area contributed by atoms with Gasteiger partial charge in [-0.15, -0.1) is 0 Å². The van der Waals surface area contributed by atoms with E-state index in [1.54, 1.807) is 6.20 Å². The molecule has 0 spiro atoms. The summed E-state index contributed by atoms with van der Waals surface area (Å²) in [5.41, 5.74) is 9.62. The van der Waals surface area contributed by atoms with Crippen LogP contribution in [0.2, 0.25) is 0 Å². The third kappa shape index (κ3) is 2.72. The van der Waals surface area contributed by atoms with E-state index in [0.717, 1.165) is 4.47 Å². The first-order chi connectivity index (χ1) is 10.2. The van der Waals surface area contributed by atoms with Gasteiger partial charge >= 0.3 is 0 Å². The number of halogens is 1. The molecule has 1 aromatic heterocycles. The van der Waals surface area contributed by atoms with Crippen molar-refractivity contribution in [2.75, 3.05) is 5.73 Å². The molecule has 4 heteroatoms. The van der Waals surface area contributed by atoms with Gasteiger partial charge in [-0.05, 0) is 39.5 Å². The molecule has 3 rings (SSSR count). The standard InChI is InChI=1S/C17H16BrN3/c1-12(21-17(19)16(18)11-20-21)13-7-9-15(10-8-13)14-5-3-2-4-6-14/h2-12H,19H2,1H3. The van der Waals surface area contributed by atoms with Gasteiger partial charge in [-0.2, -0.15) is 5.10 Å². The molecule has 0 aliphatic rings. The summed E-state index contributed by atoms with van der Waals surface area (Å²) < 4.78 is 2.65. The fraction of sp³-hybridized carbons (Fsp3) is 0.118. The molecular formula is C17H16BrN3. The molecule has 0 bridgehead atoms. The normalized spacial score (nSPS) is 12.3. The van der Waals surface area contributed by atoms with Crippen molar-refractivity contribution in [2.24, 2.45) is 0 Å². The van der Waals surface area contributed by atoms with E-state index in [1.807, 2.05) is 22.9 Å². The Morgan fingerprint density at radius 2 is 1.62 bits per heavy atom. The highest BCUT2D eigenvalue weighted by atomic mass is 79.9. The molecule has 1 unspecified atom stereocenters. The van der Waals surface area contributed by atoms with E-state index in [2.05, 4.69) is 64.4 Å². The lowest BCUT2D eigenvalue weighted by atomic mass is 10.0. The van der Waals surface area contributed by atoms with Gasteiger partial charge in [0.1, 0.15) is 5.82 Å². The predicted molar refractivity (Wildman–Crippen MR) is 90.0 cm³/mol. The first kappa shape index (κ1) is 13.9. The van der Waals surface area contributed by atoms with Gasteiger partial charge in [0.15, 0.2) is 0 Å². The number of anilines is 1. The largest absolute Gasteiger partial charge is 0.383 e. The minimum absolute atomic E-state index is 0.0983. The Hall–Kier alpha value is -2.07. The highest BCUT2D eigenvalue weighted by Gasteiger charge is 2.13. The van der Waals surface area contributed by atoms with Gasteiger partial charge in [0.25, 0.3) is 0 Å². The van der Waals surface area contributed by atoms with Crippen LogP contribution in [0.25, 0.3) is 11.1 Å². The van der Waals surface area contributed by atoms with E-state index >= 15 is 0 Å². The number of hydrogen-bond acceptors (Lipinski definition) is 2. The number of aromatic nitrogens is 2. The number of nitrogen functional groups attached to an aromatic ring is 1. The van der Waals surface area contributed by atoms with Crippen molar-refractivity contribution in [3.8, 4) is 11.1 Å². The summed E-state index contributed by atoms with van der Waals surface area (Å²) in [5, 5.41) is 4.32. The Morgan fingerprint density at radius 1 is 1.00 bits per heavy atom. The van der Waals surface area contributed by atoms with Crippen LogP contribution in [-0.2, 0) is 0 Å². The summed E-state index contributed by atoms with van der Waals surface area (Å²) in [6, 6.07) is 19.0. The smallest absolute Gasteiger partial charge is 0.136 e. The summed E-state index contributed by atoms with van der Waals surface area (Å²) >= 11 is 3.39. The van der Waals surface area contributed by atoms with Gasteiger partial charge in [0.2, 0.25) is 0 Å². The third-order valence-corrected chi connectivity index (χ3v) is 4.27. The SMILES string of the molecule is CC(c1ccc(-c2ccccc2)cc1)n1ncc(Br)c1N. The fourth-order valence-corrected chi connectivity index (χ4v) is 2.66. The molecule has 3 nitrogen and oxygen atoms in total. The van der Waals surface area contributed by atoms with E-state index in [-0.39, 0.29) is 6.04 Å². The molecule has 1 atom stereocenters. The molecule has 2 aromatic carbocycles. The Balaban J connectivity index is 1.89. The van der Waals surface area contributed by atoms with Crippen LogP contribution < -0.4 is 5.73 Å². The fourth-order valence-electron chi connectivity index (χ4n) is 2.39. The van der Waals surface area contributed by atoms with Gasteiger partial charge in [-0.1, -0.05) is 54.6 Å². The Bertz CT molecular complexity index is 732. The summed E-state index contributed by atoms with van der Waals surface area (Å²) in [7, 11) is 0. The van der Waals surface area contributed by atoms with Crippen LogP contribution in [-0.4, -0.2) is 9.78 Å². The molecule has 0 saturated carbocycles. The lowest BCUT2D eigenvalue weighted by Crippen LogP contribution is -2.11. The Labute approximate surface area is 132 Å². The second-order valence-electron chi connectivity index (χ2n) is 4.99. The molecule has 0 aliphatic heterocycles. The van der Waals surface area contributed by atoms with Crippen molar-refractivity contribution in [1.29, 1.82) is 0 Å². The lowest BCUT2D eigenvalue weighted by Gasteiger charge is -2.15. The molecule has 106 valence electrons. The van der Waals surface area contributed by atoms with Crippen LogP contribution in [0, 0.1) is 0 Å². The third-order valence-electron chi connectivity index (χ3n) is 3.65. The maximum atomic E-state index is 6.02. The van der Waals surface area contributed by atoms with Crippen LogP contribution >= 0.6 is 15.9 Å². The van der Waals surface area contributed by atoms with Gasteiger partial charge in [0, 0.05) is 0 Å². The molecule has 0 saturated heterocycles. The highest BCUT2D eigenvalue weighted by Crippen LogP contribution is 2.27. The van der Waals surface area contributed by atoms with Crippen LogP contribution in [0.15, 0.2) is 65.3 Å². The Morgan fingerprint density at radius 3 is 2.19 bits per heavy atom. The average molecular weight is 342 g/mol. The first-order valence-electron chi connectivity index (χ1n) is 6.80. The zero-order valence-corrected chi connectivity index (χ0v) is 13.3. The molecule has 0 fully saturated rings. The van der Waals surface area contributed by atoms with E-state index in [0.29, 0.717) is 5.82 Å². The molecule has 21 heavy (non-hydrogen) atoms. The number of benzene rings is 2. The minimum atomic E-state index is 0.0983. The first-order valence-corrected chi connectivity index (χ1v) is 7.60. The van der Waals surface area contributed by atoms with Crippen LogP contribution in [0.1, 0.15) is 18.5 Å². The maximum Gasteiger partial charge on any atom is 0.136 e. The molecule has 0 amide bonds. The highest BCUT2D eigenvalue weighted by molar-refractivity contribution is 9.10. The molecule has 0 aliphatic carbocycles. The van der Waals surface area contributed by atoms with Gasteiger partial charge in [0.05, 0.1) is 16.7 Å². The molecule has 1 heterocycles. The summed E-state index contributed by atoms with van der Waals surface area (Å²) in [4.78, 5) is 0. The second kappa shape index (κ2) is 5.74. The zero-order chi connectivity index (χ0) is 14.8. The molecule has 0 radical (unpaired) electrons. The van der Waals surface area contributed by atoms with E-state index < -0.39 is 0 Å². The van der Waals surface area contributed by atoms with Crippen LogP contribution in [0.4, 0.5) is 5.82 Å². The predicted octanol–water partition coefficient (Wildman–Crippen LogP) is 4.50. The lowest BCUT2D eigenvalue weighted by molar-refractivity contribution is 0.573. The summed E-state index contributed by atoms with van der Waals surface area (Å²) in [6.45, 7) is 2.09. The van der Waals surface area contributed by atoms with Crippen molar-refractivity contribution in [3.05, 3.63) is 70.8 Å². The molecule has 3 aromatic rings. The minimum Gasteiger partial charge on any atom is -0.383 e. The van der Waals surface area contributed by atoms with Crippen molar-refractivity contribution in [3.63, 3.8) is 0 Å². The molecule has 2 N–H and O–H groups in total. The quantitative estimate of drug-likeness (QED) is 0.761. The van der Waals surface area contributed by atoms with Crippen LogP contribution in [0.3, 0.4) is 0 Å².